The minimum Gasteiger partial charge on any atom is -0.325 e. The van der Waals surface area contributed by atoms with Gasteiger partial charge in [0.05, 0.1) is 21.7 Å². The lowest BCUT2D eigenvalue weighted by Crippen LogP contribution is -2.16. The Hall–Kier alpha value is -2.36. The largest absolute Gasteiger partial charge is 0.325 e. The normalized spacial score (nSPS) is 12.8. The Morgan fingerprint density at radius 2 is 1.97 bits per heavy atom. The molecule has 2 aromatic carbocycles. The number of carbonyl (C=O) groups excluding carboxylic acids is 1. The summed E-state index contributed by atoms with van der Waals surface area (Å²) in [6, 6.07) is 12.6. The number of anilines is 1. The van der Waals surface area contributed by atoms with Gasteiger partial charge in [-0.25, -0.2) is 18.5 Å². The van der Waals surface area contributed by atoms with Gasteiger partial charge >= 0.3 is 0 Å². The van der Waals surface area contributed by atoms with E-state index in [4.69, 9.17) is 5.14 Å². The number of aromatic nitrogens is 2. The maximum absolute atomic E-state index is 12.7. The maximum Gasteiger partial charge on any atom is 0.238 e. The molecule has 32 heavy (non-hydrogen) atoms. The summed E-state index contributed by atoms with van der Waals surface area (Å²) in [7, 11) is -3.81. The second-order valence-electron chi connectivity index (χ2n) is 7.83. The second kappa shape index (κ2) is 10.5. The highest BCUT2D eigenvalue weighted by atomic mass is 32.2. The first kappa shape index (κ1) is 24.3. The van der Waals surface area contributed by atoms with Gasteiger partial charge in [-0.3, -0.25) is 4.79 Å². The SMILES string of the molecule is CCCCn1c(SCC(=O)Nc2ccccc2C(C)CC)nc2cc(S(N)(=O)=O)ccc21. The van der Waals surface area contributed by atoms with Crippen molar-refractivity contribution in [2.45, 2.75) is 62.5 Å². The third-order valence-electron chi connectivity index (χ3n) is 5.46. The van der Waals surface area contributed by atoms with Gasteiger partial charge in [0, 0.05) is 12.2 Å². The van der Waals surface area contributed by atoms with E-state index in [1.165, 1.54) is 23.9 Å². The van der Waals surface area contributed by atoms with E-state index in [-0.39, 0.29) is 16.6 Å². The fourth-order valence-corrected chi connectivity index (χ4v) is 4.86. The number of nitrogens with two attached hydrogens (primary N) is 1. The molecule has 172 valence electrons. The summed E-state index contributed by atoms with van der Waals surface area (Å²) < 4.78 is 25.5. The number of nitrogens with zero attached hydrogens (tertiary/aromatic N) is 2. The first-order chi connectivity index (χ1) is 15.2. The van der Waals surface area contributed by atoms with Crippen LogP contribution in [0.25, 0.3) is 11.0 Å². The van der Waals surface area contributed by atoms with Crippen molar-refractivity contribution in [1.82, 2.24) is 9.55 Å². The number of amides is 1. The lowest BCUT2D eigenvalue weighted by molar-refractivity contribution is -0.113. The average Bonchev–Trinajstić information content (AvgIpc) is 3.12. The number of nitrogens with one attached hydrogen (secondary N) is 1. The number of rotatable bonds is 10. The van der Waals surface area contributed by atoms with Crippen LogP contribution in [-0.2, 0) is 21.4 Å². The Bertz CT molecular complexity index is 1210. The van der Waals surface area contributed by atoms with Crippen LogP contribution in [0.3, 0.4) is 0 Å². The molecule has 0 aliphatic carbocycles. The van der Waals surface area contributed by atoms with Crippen molar-refractivity contribution in [2.24, 2.45) is 5.14 Å². The zero-order valence-electron chi connectivity index (χ0n) is 18.7. The van der Waals surface area contributed by atoms with Gasteiger partial charge in [0.1, 0.15) is 0 Å². The average molecular weight is 475 g/mol. The predicted molar refractivity (Wildman–Crippen MR) is 131 cm³/mol. The number of carbonyl (C=O) groups is 1. The van der Waals surface area contributed by atoms with Crippen LogP contribution in [0.1, 0.15) is 51.5 Å². The summed E-state index contributed by atoms with van der Waals surface area (Å²) in [5, 5.41) is 8.98. The molecule has 1 amide bonds. The summed E-state index contributed by atoms with van der Waals surface area (Å²) in [6.07, 6.45) is 2.94. The molecule has 0 radical (unpaired) electrons. The Kier molecular flexibility index (Phi) is 7.97. The van der Waals surface area contributed by atoms with Crippen molar-refractivity contribution in [1.29, 1.82) is 0 Å². The van der Waals surface area contributed by atoms with E-state index >= 15 is 0 Å². The third kappa shape index (κ3) is 5.70. The number of unbranched alkanes of at least 4 members (excludes halogenated alkanes) is 1. The zero-order valence-corrected chi connectivity index (χ0v) is 20.3. The minimum atomic E-state index is -3.81. The van der Waals surface area contributed by atoms with Crippen molar-refractivity contribution in [3.63, 3.8) is 0 Å². The Balaban J connectivity index is 1.81. The van der Waals surface area contributed by atoms with Crippen molar-refractivity contribution in [3.05, 3.63) is 48.0 Å². The predicted octanol–water partition coefficient (Wildman–Crippen LogP) is 4.73. The van der Waals surface area contributed by atoms with Crippen molar-refractivity contribution < 1.29 is 13.2 Å². The van der Waals surface area contributed by atoms with Gasteiger partial charge in [-0.1, -0.05) is 57.2 Å². The van der Waals surface area contributed by atoms with E-state index in [2.05, 4.69) is 31.1 Å². The summed E-state index contributed by atoms with van der Waals surface area (Å²) in [5.74, 6) is 0.447. The van der Waals surface area contributed by atoms with Gasteiger partial charge in [-0.05, 0) is 48.6 Å². The molecule has 0 saturated carbocycles. The fourth-order valence-electron chi connectivity index (χ4n) is 3.48. The standard InChI is InChI=1S/C23H30N4O3S2/c1-4-6-13-27-21-12-11-17(32(24,29)30)14-20(21)26-23(27)31-15-22(28)25-19-10-8-7-9-18(19)16(3)5-2/h7-12,14,16H,4-6,13,15H2,1-3H3,(H,25,28)(H2,24,29,30). The van der Waals surface area contributed by atoms with E-state index in [1.807, 2.05) is 28.8 Å². The lowest BCUT2D eigenvalue weighted by Gasteiger charge is -2.15. The van der Waals surface area contributed by atoms with E-state index < -0.39 is 10.0 Å². The quantitative estimate of drug-likeness (QED) is 0.413. The minimum absolute atomic E-state index is 0.0288. The van der Waals surface area contributed by atoms with Crippen molar-refractivity contribution >= 4 is 44.4 Å². The molecule has 7 nitrogen and oxygen atoms in total. The lowest BCUT2D eigenvalue weighted by atomic mass is 9.97. The molecule has 1 heterocycles. The van der Waals surface area contributed by atoms with E-state index in [1.54, 1.807) is 6.07 Å². The molecule has 0 saturated heterocycles. The number of benzene rings is 2. The summed E-state index contributed by atoms with van der Waals surface area (Å²) in [6.45, 7) is 7.11. The first-order valence-electron chi connectivity index (χ1n) is 10.8. The molecule has 0 fully saturated rings. The monoisotopic (exact) mass is 474 g/mol. The number of fused-ring (bicyclic) bond motifs is 1. The van der Waals surface area contributed by atoms with Crippen LogP contribution in [0.2, 0.25) is 0 Å². The second-order valence-corrected chi connectivity index (χ2v) is 10.3. The van der Waals surface area contributed by atoms with Crippen LogP contribution >= 0.6 is 11.8 Å². The Morgan fingerprint density at radius 1 is 1.22 bits per heavy atom. The van der Waals surface area contributed by atoms with Crippen LogP contribution < -0.4 is 10.5 Å². The topological polar surface area (TPSA) is 107 Å². The summed E-state index contributed by atoms with van der Waals surface area (Å²) in [5.41, 5.74) is 3.34. The zero-order chi connectivity index (χ0) is 23.3. The molecule has 3 N–H and O–H groups in total. The van der Waals surface area contributed by atoms with Gasteiger partial charge in [0.25, 0.3) is 0 Å². The number of para-hydroxylation sites is 1. The Labute approximate surface area is 193 Å². The highest BCUT2D eigenvalue weighted by molar-refractivity contribution is 7.99. The molecular weight excluding hydrogens is 444 g/mol. The number of imidazole rings is 1. The van der Waals surface area contributed by atoms with Crippen LogP contribution in [0.5, 0.6) is 0 Å². The molecule has 1 aromatic heterocycles. The number of primary sulfonamides is 1. The number of hydrogen-bond acceptors (Lipinski definition) is 5. The number of thioether (sulfide) groups is 1. The van der Waals surface area contributed by atoms with Gasteiger partial charge in [-0.2, -0.15) is 0 Å². The van der Waals surface area contributed by atoms with Gasteiger partial charge in [0.15, 0.2) is 5.16 Å². The van der Waals surface area contributed by atoms with Crippen molar-refractivity contribution in [2.75, 3.05) is 11.1 Å². The van der Waals surface area contributed by atoms with Crippen LogP contribution in [-0.4, -0.2) is 29.6 Å². The molecule has 9 heteroatoms. The van der Waals surface area contributed by atoms with E-state index in [0.717, 1.165) is 42.6 Å². The van der Waals surface area contributed by atoms with Crippen LogP contribution in [0, 0.1) is 0 Å². The molecule has 3 rings (SSSR count). The smallest absolute Gasteiger partial charge is 0.238 e. The van der Waals surface area contributed by atoms with Gasteiger partial charge < -0.3 is 9.88 Å². The molecule has 0 aliphatic heterocycles. The van der Waals surface area contributed by atoms with Crippen LogP contribution in [0.4, 0.5) is 5.69 Å². The molecular formula is C23H30N4O3S2. The number of sulfonamides is 1. The maximum atomic E-state index is 12.7. The molecule has 0 bridgehead atoms. The molecule has 0 spiro atoms. The highest BCUT2D eigenvalue weighted by Crippen LogP contribution is 2.29. The molecule has 1 unspecified atom stereocenters. The number of aryl methyl sites for hydroxylation is 1. The van der Waals surface area contributed by atoms with Gasteiger partial charge in [0.2, 0.25) is 15.9 Å². The summed E-state index contributed by atoms with van der Waals surface area (Å²) in [4.78, 5) is 17.3. The molecule has 3 aromatic rings. The summed E-state index contributed by atoms with van der Waals surface area (Å²) >= 11 is 1.34. The van der Waals surface area contributed by atoms with E-state index in [9.17, 15) is 13.2 Å². The molecule has 1 atom stereocenters. The molecule has 0 aliphatic rings. The highest BCUT2D eigenvalue weighted by Gasteiger charge is 2.17. The fraction of sp³-hybridized carbons (Fsp3) is 0.391. The van der Waals surface area contributed by atoms with Crippen LogP contribution in [0.15, 0.2) is 52.5 Å². The van der Waals surface area contributed by atoms with E-state index in [0.29, 0.717) is 16.6 Å². The van der Waals surface area contributed by atoms with Gasteiger partial charge in [-0.15, -0.1) is 0 Å². The Morgan fingerprint density at radius 3 is 2.66 bits per heavy atom. The third-order valence-corrected chi connectivity index (χ3v) is 7.35. The first-order valence-corrected chi connectivity index (χ1v) is 13.3. The van der Waals surface area contributed by atoms with Crippen molar-refractivity contribution in [3.8, 4) is 0 Å². The number of hydrogen-bond donors (Lipinski definition) is 2.